The Morgan fingerprint density at radius 1 is 1.10 bits per heavy atom. The Morgan fingerprint density at radius 3 is 2.50 bits per heavy atom. The number of thiazole rings is 1. The number of aromatic nitrogens is 1. The van der Waals surface area contributed by atoms with Gasteiger partial charge in [0.05, 0.1) is 15.8 Å². The second-order valence-corrected chi connectivity index (χ2v) is 8.12. The fraction of sp³-hybridized carbons (Fsp3) is 0.333. The molecule has 0 saturated heterocycles. The molecule has 1 heterocycles. The number of rotatable bonds is 7. The zero-order valence-corrected chi connectivity index (χ0v) is 18.1. The number of nitrogens with zero attached hydrogens (tertiary/aromatic N) is 3. The van der Waals surface area contributed by atoms with Crippen molar-refractivity contribution in [3.8, 4) is 0 Å². The Bertz CT molecular complexity index is 1030. The van der Waals surface area contributed by atoms with Crippen LogP contribution in [0.3, 0.4) is 0 Å². The highest BCUT2D eigenvalue weighted by atomic mass is 35.5. The van der Waals surface area contributed by atoms with Crippen LogP contribution in [0.4, 0.5) is 18.3 Å². The summed E-state index contributed by atoms with van der Waals surface area (Å²) in [5.41, 5.74) is -0.195. The molecule has 0 unspecified atom stereocenters. The number of alkyl halides is 3. The van der Waals surface area contributed by atoms with E-state index in [9.17, 15) is 18.0 Å². The number of benzene rings is 2. The minimum atomic E-state index is -4.52. The predicted octanol–water partition coefficient (Wildman–Crippen LogP) is 5.96. The summed E-state index contributed by atoms with van der Waals surface area (Å²) in [5, 5.41) is 0.985. The minimum absolute atomic E-state index is 0.0262. The van der Waals surface area contributed by atoms with Gasteiger partial charge in [-0.3, -0.25) is 9.69 Å². The minimum Gasteiger partial charge on any atom is -0.302 e. The molecule has 3 rings (SSSR count). The van der Waals surface area contributed by atoms with Crippen LogP contribution in [0, 0.1) is 0 Å². The van der Waals surface area contributed by atoms with Crippen LogP contribution >= 0.6 is 22.9 Å². The molecule has 0 atom stereocenters. The van der Waals surface area contributed by atoms with Crippen LogP contribution in [-0.2, 0) is 6.18 Å². The molecular weight excluding hydrogens is 435 g/mol. The summed E-state index contributed by atoms with van der Waals surface area (Å²) in [6, 6.07) is 9.71. The molecule has 0 fully saturated rings. The molecular formula is C21H21ClF3N3OS. The summed E-state index contributed by atoms with van der Waals surface area (Å²) < 4.78 is 40.2. The molecule has 0 N–H and O–H groups in total. The molecule has 1 aromatic heterocycles. The summed E-state index contributed by atoms with van der Waals surface area (Å²) in [4.78, 5) is 21.4. The van der Waals surface area contributed by atoms with Gasteiger partial charge in [0.2, 0.25) is 0 Å². The fourth-order valence-corrected chi connectivity index (χ4v) is 4.32. The number of amides is 1. The number of carbonyl (C=O) groups is 1. The highest BCUT2D eigenvalue weighted by molar-refractivity contribution is 7.22. The molecule has 9 heteroatoms. The average molecular weight is 456 g/mol. The van der Waals surface area contributed by atoms with E-state index in [1.54, 1.807) is 18.2 Å². The van der Waals surface area contributed by atoms with Gasteiger partial charge >= 0.3 is 6.18 Å². The zero-order valence-electron chi connectivity index (χ0n) is 16.5. The van der Waals surface area contributed by atoms with Gasteiger partial charge in [-0.1, -0.05) is 42.9 Å². The Balaban J connectivity index is 1.98. The number of hydrogen-bond donors (Lipinski definition) is 0. The Kier molecular flexibility index (Phi) is 7.00. The predicted molar refractivity (Wildman–Crippen MR) is 116 cm³/mol. The zero-order chi connectivity index (χ0) is 21.9. The first-order chi connectivity index (χ1) is 14.2. The lowest BCUT2D eigenvalue weighted by molar-refractivity contribution is -0.137. The fourth-order valence-electron chi connectivity index (χ4n) is 3.05. The summed E-state index contributed by atoms with van der Waals surface area (Å²) >= 11 is 7.34. The molecule has 4 nitrogen and oxygen atoms in total. The molecule has 0 aliphatic heterocycles. The van der Waals surface area contributed by atoms with E-state index in [0.29, 0.717) is 28.8 Å². The molecule has 0 bridgehead atoms. The summed E-state index contributed by atoms with van der Waals surface area (Å²) in [5.74, 6) is -0.515. The Labute approximate surface area is 181 Å². The van der Waals surface area contributed by atoms with Crippen LogP contribution in [0.2, 0.25) is 5.02 Å². The van der Waals surface area contributed by atoms with Crippen molar-refractivity contribution in [1.82, 2.24) is 9.88 Å². The van der Waals surface area contributed by atoms with E-state index in [-0.39, 0.29) is 5.56 Å². The average Bonchev–Trinajstić information content (AvgIpc) is 3.13. The lowest BCUT2D eigenvalue weighted by Crippen LogP contribution is -2.39. The maximum Gasteiger partial charge on any atom is 0.416 e. The smallest absolute Gasteiger partial charge is 0.302 e. The van der Waals surface area contributed by atoms with Gasteiger partial charge in [0.15, 0.2) is 5.13 Å². The van der Waals surface area contributed by atoms with Gasteiger partial charge in [-0.15, -0.1) is 0 Å². The van der Waals surface area contributed by atoms with E-state index in [1.807, 2.05) is 13.8 Å². The van der Waals surface area contributed by atoms with Crippen molar-refractivity contribution in [3.05, 3.63) is 58.6 Å². The van der Waals surface area contributed by atoms with Crippen molar-refractivity contribution >= 4 is 44.2 Å². The lowest BCUT2D eigenvalue weighted by atomic mass is 10.1. The molecule has 160 valence electrons. The van der Waals surface area contributed by atoms with Crippen molar-refractivity contribution in [2.24, 2.45) is 0 Å². The topological polar surface area (TPSA) is 36.4 Å². The van der Waals surface area contributed by atoms with Crippen LogP contribution in [-0.4, -0.2) is 42.0 Å². The maximum absolute atomic E-state index is 13.2. The van der Waals surface area contributed by atoms with E-state index in [0.717, 1.165) is 29.9 Å². The van der Waals surface area contributed by atoms with Gasteiger partial charge in [-0.25, -0.2) is 4.98 Å². The monoisotopic (exact) mass is 455 g/mol. The lowest BCUT2D eigenvalue weighted by Gasteiger charge is -2.25. The van der Waals surface area contributed by atoms with E-state index in [4.69, 9.17) is 11.6 Å². The van der Waals surface area contributed by atoms with Gasteiger partial charge in [-0.05, 0) is 49.5 Å². The number of likely N-dealkylation sites (N-methyl/N-ethyl adjacent to an activating group) is 1. The largest absolute Gasteiger partial charge is 0.416 e. The SMILES string of the molecule is CCN(CC)CCN(C(=O)c1cccc(C(F)(F)F)c1)c1nc2ccc(Cl)cc2s1. The summed E-state index contributed by atoms with van der Waals surface area (Å²) in [6.07, 6.45) is -4.52. The van der Waals surface area contributed by atoms with Crippen molar-refractivity contribution in [1.29, 1.82) is 0 Å². The van der Waals surface area contributed by atoms with Gasteiger partial charge in [0, 0.05) is 23.7 Å². The first-order valence-electron chi connectivity index (χ1n) is 9.50. The van der Waals surface area contributed by atoms with E-state index in [2.05, 4.69) is 9.88 Å². The van der Waals surface area contributed by atoms with Crippen LogP contribution in [0.15, 0.2) is 42.5 Å². The molecule has 30 heavy (non-hydrogen) atoms. The standard InChI is InChI=1S/C21H21ClF3N3OS/c1-3-27(4-2)10-11-28(20-26-17-9-8-16(22)13-18(17)30-20)19(29)14-6-5-7-15(12-14)21(23,24)25/h5-9,12-13H,3-4,10-11H2,1-2H3. The number of carbonyl (C=O) groups excluding carboxylic acids is 1. The number of hydrogen-bond acceptors (Lipinski definition) is 4. The van der Waals surface area contributed by atoms with Gasteiger partial charge < -0.3 is 4.90 Å². The van der Waals surface area contributed by atoms with E-state index < -0.39 is 17.6 Å². The first kappa shape index (κ1) is 22.5. The molecule has 0 spiro atoms. The number of halogens is 4. The van der Waals surface area contributed by atoms with Crippen molar-refractivity contribution < 1.29 is 18.0 Å². The molecule has 1 amide bonds. The van der Waals surface area contributed by atoms with E-state index >= 15 is 0 Å². The first-order valence-corrected chi connectivity index (χ1v) is 10.7. The summed E-state index contributed by atoms with van der Waals surface area (Å²) in [6.45, 7) is 6.53. The summed E-state index contributed by atoms with van der Waals surface area (Å²) in [7, 11) is 0. The van der Waals surface area contributed by atoms with Crippen LogP contribution in [0.1, 0.15) is 29.8 Å². The number of anilines is 1. The molecule has 2 aromatic carbocycles. The molecule has 0 aliphatic rings. The number of fused-ring (bicyclic) bond motifs is 1. The van der Waals surface area contributed by atoms with Gasteiger partial charge in [-0.2, -0.15) is 13.2 Å². The van der Waals surface area contributed by atoms with Crippen molar-refractivity contribution in [2.45, 2.75) is 20.0 Å². The quantitative estimate of drug-likeness (QED) is 0.441. The van der Waals surface area contributed by atoms with E-state index in [1.165, 1.54) is 28.4 Å². The molecule has 0 radical (unpaired) electrons. The third-order valence-electron chi connectivity index (χ3n) is 4.79. The van der Waals surface area contributed by atoms with Crippen LogP contribution < -0.4 is 4.90 Å². The molecule has 0 aliphatic carbocycles. The van der Waals surface area contributed by atoms with Crippen molar-refractivity contribution in [3.63, 3.8) is 0 Å². The van der Waals surface area contributed by atoms with Crippen LogP contribution in [0.5, 0.6) is 0 Å². The van der Waals surface area contributed by atoms with Gasteiger partial charge in [0.25, 0.3) is 5.91 Å². The normalized spacial score (nSPS) is 12.0. The Hall–Kier alpha value is -2.16. The molecule has 3 aromatic rings. The third kappa shape index (κ3) is 5.11. The Morgan fingerprint density at radius 2 is 1.83 bits per heavy atom. The molecule has 0 saturated carbocycles. The third-order valence-corrected chi connectivity index (χ3v) is 6.06. The van der Waals surface area contributed by atoms with Gasteiger partial charge in [0.1, 0.15) is 0 Å². The second-order valence-electron chi connectivity index (χ2n) is 6.67. The second kappa shape index (κ2) is 9.32. The van der Waals surface area contributed by atoms with Crippen LogP contribution in [0.25, 0.3) is 10.2 Å². The maximum atomic E-state index is 13.2. The highest BCUT2D eigenvalue weighted by Crippen LogP contribution is 2.33. The van der Waals surface area contributed by atoms with Crippen molar-refractivity contribution in [2.75, 3.05) is 31.1 Å². The highest BCUT2D eigenvalue weighted by Gasteiger charge is 2.32.